The largest absolute Gasteiger partial charge is 0.328 e. The van der Waals surface area contributed by atoms with Crippen LogP contribution >= 0.6 is 12.2 Å². The molecule has 1 aliphatic rings. The van der Waals surface area contributed by atoms with E-state index in [0.717, 1.165) is 28.4 Å². The van der Waals surface area contributed by atoms with Crippen LogP contribution in [0.15, 0.2) is 0 Å². The number of aromatic amines is 1. The Morgan fingerprint density at radius 1 is 1.47 bits per heavy atom. The van der Waals surface area contributed by atoms with Crippen LogP contribution in [0.5, 0.6) is 0 Å². The molecule has 3 rings (SSSR count). The Morgan fingerprint density at radius 3 is 2.76 bits per heavy atom. The molecule has 0 bridgehead atoms. The number of aryl methyl sites for hydroxylation is 2. The highest BCUT2D eigenvalue weighted by atomic mass is 32.1. The molecule has 0 spiro atoms. The molecule has 0 unspecified atom stereocenters. The van der Waals surface area contributed by atoms with Crippen LogP contribution in [0, 0.1) is 17.6 Å². The van der Waals surface area contributed by atoms with E-state index in [0.29, 0.717) is 6.04 Å². The predicted octanol–water partition coefficient (Wildman–Crippen LogP) is 3.19. The van der Waals surface area contributed by atoms with Gasteiger partial charge in [0.05, 0.1) is 5.69 Å². The minimum atomic E-state index is 0.563. The summed E-state index contributed by atoms with van der Waals surface area (Å²) in [6.45, 7) is 7.34. The Kier molecular flexibility index (Phi) is 2.40. The van der Waals surface area contributed by atoms with Crippen molar-refractivity contribution in [1.82, 2.24) is 19.3 Å². The van der Waals surface area contributed by atoms with Gasteiger partial charge in [0.1, 0.15) is 5.52 Å². The van der Waals surface area contributed by atoms with Crippen LogP contribution in [0.4, 0.5) is 0 Å². The highest BCUT2D eigenvalue weighted by Crippen LogP contribution is 2.39. The lowest BCUT2D eigenvalue weighted by Gasteiger charge is -2.34. The van der Waals surface area contributed by atoms with Gasteiger partial charge in [-0.3, -0.25) is 4.57 Å². The lowest BCUT2D eigenvalue weighted by molar-refractivity contribution is 0.217. The molecule has 1 aliphatic carbocycles. The lowest BCUT2D eigenvalue weighted by atomic mass is 9.82. The van der Waals surface area contributed by atoms with Crippen LogP contribution in [-0.2, 0) is 6.54 Å². The van der Waals surface area contributed by atoms with Crippen molar-refractivity contribution in [3.63, 3.8) is 0 Å². The summed E-state index contributed by atoms with van der Waals surface area (Å²) in [7, 11) is 0. The van der Waals surface area contributed by atoms with Gasteiger partial charge in [0, 0.05) is 12.6 Å². The van der Waals surface area contributed by atoms with Crippen LogP contribution in [0.2, 0.25) is 0 Å². The van der Waals surface area contributed by atoms with Crippen LogP contribution in [0.25, 0.3) is 11.2 Å². The first kappa shape index (κ1) is 11.0. The molecule has 92 valence electrons. The third-order valence-electron chi connectivity index (χ3n) is 3.79. The molecule has 0 radical (unpaired) electrons. The number of fused-ring (bicyclic) bond motifs is 1. The first-order valence-corrected chi connectivity index (χ1v) is 6.70. The molecular formula is C12H18N4S. The fraction of sp³-hybridized carbons (Fsp3) is 0.667. The summed E-state index contributed by atoms with van der Waals surface area (Å²) in [6.07, 6.45) is 2.46. The summed E-state index contributed by atoms with van der Waals surface area (Å²) in [6, 6.07) is 0.563. The van der Waals surface area contributed by atoms with Gasteiger partial charge in [-0.2, -0.15) is 5.10 Å². The molecule has 0 aliphatic heterocycles. The number of H-pyrrole nitrogens is 1. The van der Waals surface area contributed by atoms with E-state index in [1.165, 1.54) is 18.5 Å². The fourth-order valence-electron chi connectivity index (χ4n) is 2.85. The molecule has 2 aromatic rings. The summed E-state index contributed by atoms with van der Waals surface area (Å²) in [5.74, 6) is 0.825. The molecule has 1 saturated carbocycles. The molecule has 17 heavy (non-hydrogen) atoms. The number of nitrogens with zero attached hydrogens (tertiary/aromatic N) is 3. The Bertz CT molecular complexity index is 612. The van der Waals surface area contributed by atoms with E-state index in [1.54, 1.807) is 0 Å². The van der Waals surface area contributed by atoms with Crippen molar-refractivity contribution in [3.05, 3.63) is 10.5 Å². The molecule has 0 saturated heterocycles. The minimum absolute atomic E-state index is 0.563. The van der Waals surface area contributed by atoms with Crippen molar-refractivity contribution < 1.29 is 0 Å². The van der Waals surface area contributed by atoms with Gasteiger partial charge in [-0.15, -0.1) is 0 Å². The van der Waals surface area contributed by atoms with Crippen molar-refractivity contribution in [3.8, 4) is 0 Å². The maximum Gasteiger partial charge on any atom is 0.179 e. The second-order valence-electron chi connectivity index (χ2n) is 5.13. The highest BCUT2D eigenvalue weighted by Gasteiger charge is 2.30. The quantitative estimate of drug-likeness (QED) is 0.831. The average Bonchev–Trinajstić information content (AvgIpc) is 2.72. The monoisotopic (exact) mass is 250 g/mol. The fourth-order valence-corrected chi connectivity index (χ4v) is 3.19. The topological polar surface area (TPSA) is 38.5 Å². The number of imidazole rings is 1. The predicted molar refractivity (Wildman–Crippen MR) is 70.8 cm³/mol. The summed E-state index contributed by atoms with van der Waals surface area (Å²) >= 11 is 5.46. The van der Waals surface area contributed by atoms with Gasteiger partial charge in [-0.1, -0.05) is 6.92 Å². The number of nitrogens with one attached hydrogen (secondary N) is 1. The van der Waals surface area contributed by atoms with E-state index in [-0.39, 0.29) is 0 Å². The lowest BCUT2D eigenvalue weighted by Crippen LogP contribution is -2.25. The molecule has 0 aromatic carbocycles. The van der Waals surface area contributed by atoms with Crippen molar-refractivity contribution in [1.29, 1.82) is 0 Å². The van der Waals surface area contributed by atoms with Crippen molar-refractivity contribution >= 4 is 23.4 Å². The molecule has 5 heteroatoms. The molecule has 0 amide bonds. The van der Waals surface area contributed by atoms with E-state index in [1.807, 2.05) is 6.92 Å². The zero-order valence-corrected chi connectivity index (χ0v) is 11.3. The average molecular weight is 250 g/mol. The van der Waals surface area contributed by atoms with Gasteiger partial charge in [0.2, 0.25) is 0 Å². The van der Waals surface area contributed by atoms with Crippen LogP contribution in [-0.4, -0.2) is 19.3 Å². The molecule has 2 heterocycles. The van der Waals surface area contributed by atoms with E-state index in [9.17, 15) is 0 Å². The normalized spacial score (nSPS) is 24.2. The Balaban J connectivity index is 2.22. The first-order chi connectivity index (χ1) is 8.11. The highest BCUT2D eigenvalue weighted by molar-refractivity contribution is 7.71. The van der Waals surface area contributed by atoms with Crippen molar-refractivity contribution in [2.24, 2.45) is 5.92 Å². The standard InChI is InChI=1S/C12H18N4S/c1-4-15-11-10(8(3)14-15)13-12(17)16(11)9-5-7(2)6-9/h7,9H,4-6H2,1-3H3,(H,13,17). The zero-order chi connectivity index (χ0) is 12.2. The number of rotatable bonds is 2. The van der Waals surface area contributed by atoms with Crippen LogP contribution in [0.1, 0.15) is 38.4 Å². The number of hydrogen-bond acceptors (Lipinski definition) is 2. The SMILES string of the molecule is CCn1nc(C)c2[nH]c(=S)n(C3CC(C)C3)c21. The summed E-state index contributed by atoms with van der Waals surface area (Å²) in [4.78, 5) is 3.31. The van der Waals surface area contributed by atoms with Gasteiger partial charge < -0.3 is 4.98 Å². The van der Waals surface area contributed by atoms with Gasteiger partial charge in [-0.05, 0) is 44.8 Å². The number of hydrogen-bond donors (Lipinski definition) is 1. The molecule has 2 aromatic heterocycles. The van der Waals surface area contributed by atoms with E-state index in [2.05, 4.69) is 33.2 Å². The molecule has 1 fully saturated rings. The third-order valence-corrected chi connectivity index (χ3v) is 4.09. The molecule has 0 atom stereocenters. The van der Waals surface area contributed by atoms with E-state index in [4.69, 9.17) is 12.2 Å². The van der Waals surface area contributed by atoms with Gasteiger partial charge in [0.25, 0.3) is 0 Å². The van der Waals surface area contributed by atoms with E-state index >= 15 is 0 Å². The molecular weight excluding hydrogens is 232 g/mol. The van der Waals surface area contributed by atoms with E-state index < -0.39 is 0 Å². The number of aromatic nitrogens is 4. The second kappa shape index (κ2) is 3.70. The maximum atomic E-state index is 5.46. The summed E-state index contributed by atoms with van der Waals surface area (Å²) < 4.78 is 5.17. The Hall–Kier alpha value is -1.10. The van der Waals surface area contributed by atoms with Gasteiger partial charge in [-0.25, -0.2) is 4.68 Å². The minimum Gasteiger partial charge on any atom is -0.328 e. The molecule has 4 nitrogen and oxygen atoms in total. The second-order valence-corrected chi connectivity index (χ2v) is 5.52. The third kappa shape index (κ3) is 1.48. The first-order valence-electron chi connectivity index (χ1n) is 6.29. The van der Waals surface area contributed by atoms with Crippen molar-refractivity contribution in [2.75, 3.05) is 0 Å². The summed E-state index contributed by atoms with van der Waals surface area (Å²) in [5, 5.41) is 4.55. The van der Waals surface area contributed by atoms with Crippen LogP contribution < -0.4 is 0 Å². The smallest absolute Gasteiger partial charge is 0.179 e. The molecule has 1 N–H and O–H groups in total. The van der Waals surface area contributed by atoms with Crippen LogP contribution in [0.3, 0.4) is 0 Å². The van der Waals surface area contributed by atoms with Gasteiger partial charge >= 0.3 is 0 Å². The Labute approximate surface area is 106 Å². The van der Waals surface area contributed by atoms with Gasteiger partial charge in [0.15, 0.2) is 10.4 Å². The Morgan fingerprint density at radius 2 is 2.18 bits per heavy atom. The van der Waals surface area contributed by atoms with Crippen molar-refractivity contribution in [2.45, 2.75) is 46.2 Å². The summed E-state index contributed by atoms with van der Waals surface area (Å²) in [5.41, 5.74) is 3.32. The maximum absolute atomic E-state index is 5.46. The zero-order valence-electron chi connectivity index (χ0n) is 10.5.